The molecule has 1 aromatic heterocycles. The van der Waals surface area contributed by atoms with E-state index in [1.807, 2.05) is 0 Å². The molecule has 1 heterocycles. The number of nitro benzene ring substituents is 1. The van der Waals surface area contributed by atoms with Crippen LogP contribution in [0.3, 0.4) is 0 Å². The number of nitrogens with zero attached hydrogens (tertiary/aromatic N) is 5. The van der Waals surface area contributed by atoms with Crippen molar-refractivity contribution in [3.05, 3.63) is 105 Å². The van der Waals surface area contributed by atoms with E-state index < -0.39 is 4.92 Å². The molecular weight excluding hydrogens is 486 g/mol. The minimum atomic E-state index is -0.589. The highest BCUT2D eigenvalue weighted by molar-refractivity contribution is 5.84. The van der Waals surface area contributed by atoms with E-state index in [9.17, 15) is 24.0 Å². The SMILES string of the molecule is O=[N+]([O-])c1ccc(O)c(/C=N/Nc2nc(NCc3ccc(F)cc3)nc(NCc3ccc(F)cc3)n2)c1. The molecule has 0 aliphatic rings. The number of hydrogen-bond acceptors (Lipinski definition) is 10. The van der Waals surface area contributed by atoms with Crippen LogP contribution in [0.2, 0.25) is 0 Å². The quantitative estimate of drug-likeness (QED) is 0.139. The Bertz CT molecular complexity index is 1350. The van der Waals surface area contributed by atoms with E-state index >= 15 is 0 Å². The number of aromatic hydroxyl groups is 1. The standard InChI is InChI=1S/C24H20F2N8O3/c25-18-5-1-15(2-6-18)12-27-22-30-23(28-13-16-3-7-19(26)8-4-16)32-24(31-22)33-29-14-17-11-20(34(36)37)9-10-21(17)35/h1-11,14,35H,12-13H2,(H3,27,28,30,31,32,33)/b29-14+. The van der Waals surface area contributed by atoms with Crippen LogP contribution in [0.25, 0.3) is 0 Å². The Kier molecular flexibility index (Phi) is 7.73. The van der Waals surface area contributed by atoms with E-state index in [1.165, 1.54) is 48.7 Å². The first-order chi connectivity index (χ1) is 17.9. The predicted molar refractivity (Wildman–Crippen MR) is 133 cm³/mol. The molecule has 0 bridgehead atoms. The summed E-state index contributed by atoms with van der Waals surface area (Å²) in [4.78, 5) is 23.2. The molecule has 0 unspecified atom stereocenters. The number of nitro groups is 1. The largest absolute Gasteiger partial charge is 0.507 e. The smallest absolute Gasteiger partial charge is 0.270 e. The minimum absolute atomic E-state index is 0.0272. The van der Waals surface area contributed by atoms with Crippen molar-refractivity contribution in [2.75, 3.05) is 16.1 Å². The number of hydrazone groups is 1. The van der Waals surface area contributed by atoms with Gasteiger partial charge in [-0.25, -0.2) is 14.2 Å². The van der Waals surface area contributed by atoms with Crippen LogP contribution in [0.15, 0.2) is 71.8 Å². The maximum atomic E-state index is 13.2. The van der Waals surface area contributed by atoms with Crippen LogP contribution >= 0.6 is 0 Å². The number of anilines is 3. The zero-order valence-electron chi connectivity index (χ0n) is 19.1. The van der Waals surface area contributed by atoms with Crippen molar-refractivity contribution in [2.45, 2.75) is 13.1 Å². The molecule has 0 spiro atoms. The van der Waals surface area contributed by atoms with Crippen molar-refractivity contribution in [3.63, 3.8) is 0 Å². The highest BCUT2D eigenvalue weighted by atomic mass is 19.1. The average molecular weight is 506 g/mol. The van der Waals surface area contributed by atoms with Crippen LogP contribution < -0.4 is 16.1 Å². The summed E-state index contributed by atoms with van der Waals surface area (Å²) in [5.41, 5.74) is 4.09. The third kappa shape index (κ3) is 7.14. The highest BCUT2D eigenvalue weighted by Gasteiger charge is 2.10. The van der Waals surface area contributed by atoms with E-state index in [0.29, 0.717) is 13.1 Å². The second kappa shape index (κ2) is 11.5. The molecule has 13 heteroatoms. The summed E-state index contributed by atoms with van der Waals surface area (Å²) in [7, 11) is 0. The van der Waals surface area contributed by atoms with Gasteiger partial charge in [0.15, 0.2) is 0 Å². The summed E-state index contributed by atoms with van der Waals surface area (Å²) >= 11 is 0. The molecule has 0 fully saturated rings. The van der Waals surface area contributed by atoms with E-state index in [-0.39, 0.29) is 46.5 Å². The van der Waals surface area contributed by atoms with Crippen molar-refractivity contribution in [2.24, 2.45) is 5.10 Å². The van der Waals surface area contributed by atoms with Crippen molar-refractivity contribution < 1.29 is 18.8 Å². The maximum absolute atomic E-state index is 13.2. The number of hydrogen-bond donors (Lipinski definition) is 4. The molecule has 0 saturated carbocycles. The third-order valence-corrected chi connectivity index (χ3v) is 4.95. The lowest BCUT2D eigenvalue weighted by Crippen LogP contribution is -2.11. The Morgan fingerprint density at radius 3 is 1.86 bits per heavy atom. The number of aromatic nitrogens is 3. The van der Waals surface area contributed by atoms with Gasteiger partial charge in [0, 0.05) is 30.8 Å². The molecule has 37 heavy (non-hydrogen) atoms. The van der Waals surface area contributed by atoms with Gasteiger partial charge in [-0.1, -0.05) is 24.3 Å². The fraction of sp³-hybridized carbons (Fsp3) is 0.0833. The molecule has 0 atom stereocenters. The first-order valence-corrected chi connectivity index (χ1v) is 10.8. The topological polar surface area (TPSA) is 150 Å². The molecule has 0 saturated heterocycles. The molecule has 3 aromatic carbocycles. The van der Waals surface area contributed by atoms with Crippen LogP contribution in [-0.4, -0.2) is 31.2 Å². The molecule has 4 rings (SSSR count). The minimum Gasteiger partial charge on any atom is -0.507 e. The number of phenolic OH excluding ortho intramolecular Hbond substituents is 1. The van der Waals surface area contributed by atoms with Crippen molar-refractivity contribution in [1.29, 1.82) is 0 Å². The van der Waals surface area contributed by atoms with E-state index in [1.54, 1.807) is 24.3 Å². The Hall–Kier alpha value is -5.20. The van der Waals surface area contributed by atoms with Gasteiger partial charge in [-0.15, -0.1) is 0 Å². The van der Waals surface area contributed by atoms with Gasteiger partial charge in [0.25, 0.3) is 5.69 Å². The normalized spacial score (nSPS) is 10.9. The van der Waals surface area contributed by atoms with Gasteiger partial charge < -0.3 is 15.7 Å². The van der Waals surface area contributed by atoms with Gasteiger partial charge in [-0.2, -0.15) is 20.1 Å². The molecule has 0 amide bonds. The lowest BCUT2D eigenvalue weighted by atomic mass is 10.2. The Morgan fingerprint density at radius 2 is 1.35 bits per heavy atom. The van der Waals surface area contributed by atoms with Crippen LogP contribution in [0.4, 0.5) is 32.3 Å². The van der Waals surface area contributed by atoms with Crippen LogP contribution in [0.5, 0.6) is 5.75 Å². The molecule has 0 aliphatic heterocycles. The Balaban J connectivity index is 1.52. The second-order valence-electron chi connectivity index (χ2n) is 7.64. The van der Waals surface area contributed by atoms with E-state index in [4.69, 9.17) is 0 Å². The number of rotatable bonds is 10. The summed E-state index contributed by atoms with van der Waals surface area (Å²) in [5, 5.41) is 30.9. The number of benzene rings is 3. The Labute approximate surface area is 209 Å². The molecule has 0 radical (unpaired) electrons. The first-order valence-electron chi connectivity index (χ1n) is 10.8. The molecule has 0 aliphatic carbocycles. The highest BCUT2D eigenvalue weighted by Crippen LogP contribution is 2.21. The zero-order valence-corrected chi connectivity index (χ0v) is 19.1. The maximum Gasteiger partial charge on any atom is 0.270 e. The molecule has 4 N–H and O–H groups in total. The molecule has 11 nitrogen and oxygen atoms in total. The number of phenols is 1. The number of non-ortho nitro benzene ring substituents is 1. The fourth-order valence-electron chi connectivity index (χ4n) is 3.07. The van der Waals surface area contributed by atoms with Crippen molar-refractivity contribution in [1.82, 2.24) is 15.0 Å². The lowest BCUT2D eigenvalue weighted by Gasteiger charge is -2.10. The van der Waals surface area contributed by atoms with Gasteiger partial charge in [-0.3, -0.25) is 10.1 Å². The fourth-order valence-corrected chi connectivity index (χ4v) is 3.07. The third-order valence-electron chi connectivity index (χ3n) is 4.95. The van der Waals surface area contributed by atoms with Gasteiger partial charge in [-0.05, 0) is 41.5 Å². The second-order valence-corrected chi connectivity index (χ2v) is 7.64. The van der Waals surface area contributed by atoms with Crippen molar-refractivity contribution in [3.8, 4) is 5.75 Å². The summed E-state index contributed by atoms with van der Waals surface area (Å²) in [6.45, 7) is 0.595. The van der Waals surface area contributed by atoms with Crippen LogP contribution in [0, 0.1) is 21.7 Å². The van der Waals surface area contributed by atoms with Gasteiger partial charge in [0.2, 0.25) is 17.8 Å². The molecule has 188 valence electrons. The van der Waals surface area contributed by atoms with Crippen LogP contribution in [0.1, 0.15) is 16.7 Å². The molecular formula is C24H20F2N8O3. The van der Waals surface area contributed by atoms with Gasteiger partial charge in [0.1, 0.15) is 17.4 Å². The monoisotopic (exact) mass is 506 g/mol. The Morgan fingerprint density at radius 1 is 0.838 bits per heavy atom. The van der Waals surface area contributed by atoms with Crippen LogP contribution in [-0.2, 0) is 13.1 Å². The van der Waals surface area contributed by atoms with E-state index in [0.717, 1.165) is 11.1 Å². The summed E-state index contributed by atoms with van der Waals surface area (Å²) in [6, 6.07) is 15.4. The zero-order chi connectivity index (χ0) is 26.2. The lowest BCUT2D eigenvalue weighted by molar-refractivity contribution is -0.384. The first kappa shape index (κ1) is 24.9. The van der Waals surface area contributed by atoms with Gasteiger partial charge >= 0.3 is 0 Å². The van der Waals surface area contributed by atoms with Crippen molar-refractivity contribution >= 4 is 29.7 Å². The predicted octanol–water partition coefficient (Wildman–Crippen LogP) is 4.43. The summed E-state index contributed by atoms with van der Waals surface area (Å²) in [6.07, 6.45) is 1.18. The number of halogens is 2. The summed E-state index contributed by atoms with van der Waals surface area (Å²) in [5.74, 6) is -0.520. The van der Waals surface area contributed by atoms with Gasteiger partial charge in [0.05, 0.1) is 11.1 Å². The number of nitrogens with one attached hydrogen (secondary N) is 3. The average Bonchev–Trinajstić information content (AvgIpc) is 2.89. The molecule has 4 aromatic rings. The summed E-state index contributed by atoms with van der Waals surface area (Å²) < 4.78 is 26.4. The van der Waals surface area contributed by atoms with E-state index in [2.05, 4.69) is 36.1 Å².